The van der Waals surface area contributed by atoms with Crippen LogP contribution in [0.25, 0.3) is 6.08 Å². The standard InChI is InChI=1S/C19H21N3O4/c1-11(2)22-12(3)8-14(13(22)4)9-16-17(23)20-19(25)21(18(16)24)10-15-6-5-7-26-15/h5-9,11H,10H2,1-4H3,(H,20,23,25)/b16-9+. The van der Waals surface area contributed by atoms with E-state index in [-0.39, 0.29) is 18.2 Å². The molecule has 0 saturated carbocycles. The number of aryl methyl sites for hydroxylation is 1. The van der Waals surface area contributed by atoms with Gasteiger partial charge in [-0.2, -0.15) is 0 Å². The highest BCUT2D eigenvalue weighted by Gasteiger charge is 2.36. The van der Waals surface area contributed by atoms with Gasteiger partial charge in [-0.1, -0.05) is 0 Å². The minimum absolute atomic E-state index is 0.0344. The van der Waals surface area contributed by atoms with E-state index in [0.29, 0.717) is 5.76 Å². The number of carbonyl (C=O) groups is 3. The van der Waals surface area contributed by atoms with Gasteiger partial charge in [0.05, 0.1) is 12.8 Å². The number of aromatic nitrogens is 1. The van der Waals surface area contributed by atoms with Crippen molar-refractivity contribution in [3.63, 3.8) is 0 Å². The van der Waals surface area contributed by atoms with E-state index >= 15 is 0 Å². The van der Waals surface area contributed by atoms with Crippen LogP contribution in [0.15, 0.2) is 34.5 Å². The summed E-state index contributed by atoms with van der Waals surface area (Å²) in [6, 6.07) is 4.77. The molecule has 0 bridgehead atoms. The van der Waals surface area contributed by atoms with Gasteiger partial charge in [-0.25, -0.2) is 4.79 Å². The van der Waals surface area contributed by atoms with E-state index in [1.54, 1.807) is 18.2 Å². The molecule has 1 aliphatic heterocycles. The Labute approximate surface area is 151 Å². The molecule has 0 unspecified atom stereocenters. The predicted molar refractivity (Wildman–Crippen MR) is 95.1 cm³/mol. The topological polar surface area (TPSA) is 84.6 Å². The van der Waals surface area contributed by atoms with Gasteiger partial charge in [-0.05, 0) is 57.5 Å². The third kappa shape index (κ3) is 3.08. The summed E-state index contributed by atoms with van der Waals surface area (Å²) in [5.41, 5.74) is 2.71. The molecule has 0 radical (unpaired) electrons. The molecule has 0 aliphatic carbocycles. The summed E-state index contributed by atoms with van der Waals surface area (Å²) in [6.07, 6.45) is 3.00. The first kappa shape index (κ1) is 17.7. The second kappa shape index (κ2) is 6.67. The van der Waals surface area contributed by atoms with Crippen molar-refractivity contribution >= 4 is 23.9 Å². The summed E-state index contributed by atoms with van der Waals surface area (Å²) in [6.45, 7) is 8.02. The van der Waals surface area contributed by atoms with Gasteiger partial charge in [0.25, 0.3) is 11.8 Å². The van der Waals surface area contributed by atoms with Crippen LogP contribution in [0.1, 0.15) is 42.6 Å². The Morgan fingerprint density at radius 3 is 2.54 bits per heavy atom. The van der Waals surface area contributed by atoms with E-state index < -0.39 is 17.8 Å². The maximum atomic E-state index is 12.7. The lowest BCUT2D eigenvalue weighted by Crippen LogP contribution is -2.53. The van der Waals surface area contributed by atoms with Gasteiger partial charge in [0.15, 0.2) is 0 Å². The lowest BCUT2D eigenvalue weighted by molar-refractivity contribution is -0.130. The molecule has 1 fully saturated rings. The van der Waals surface area contributed by atoms with Crippen LogP contribution in [-0.2, 0) is 16.1 Å². The van der Waals surface area contributed by atoms with Crippen molar-refractivity contribution in [2.24, 2.45) is 0 Å². The minimum Gasteiger partial charge on any atom is -0.467 e. The second-order valence-electron chi connectivity index (χ2n) is 6.58. The Hall–Kier alpha value is -3.09. The Bertz CT molecular complexity index is 904. The quantitative estimate of drug-likeness (QED) is 0.675. The van der Waals surface area contributed by atoms with Crippen LogP contribution < -0.4 is 5.32 Å². The third-order valence-electron chi connectivity index (χ3n) is 4.42. The number of furan rings is 1. The fourth-order valence-electron chi connectivity index (χ4n) is 3.29. The number of nitrogens with zero attached hydrogens (tertiary/aromatic N) is 2. The van der Waals surface area contributed by atoms with Crippen LogP contribution in [0.2, 0.25) is 0 Å². The number of nitrogens with one attached hydrogen (secondary N) is 1. The molecule has 2 aromatic rings. The summed E-state index contributed by atoms with van der Waals surface area (Å²) in [5, 5.41) is 2.22. The van der Waals surface area contributed by atoms with E-state index in [1.165, 1.54) is 6.26 Å². The average molecular weight is 355 g/mol. The van der Waals surface area contributed by atoms with Gasteiger partial charge >= 0.3 is 6.03 Å². The van der Waals surface area contributed by atoms with Crippen molar-refractivity contribution in [2.45, 2.75) is 40.3 Å². The summed E-state index contributed by atoms with van der Waals surface area (Å²) in [7, 11) is 0. The fraction of sp³-hybridized carbons (Fsp3) is 0.316. The lowest BCUT2D eigenvalue weighted by atomic mass is 10.1. The number of amides is 4. The van der Waals surface area contributed by atoms with E-state index in [0.717, 1.165) is 21.9 Å². The van der Waals surface area contributed by atoms with Crippen molar-refractivity contribution < 1.29 is 18.8 Å². The van der Waals surface area contributed by atoms with Crippen molar-refractivity contribution in [1.82, 2.24) is 14.8 Å². The first-order valence-electron chi connectivity index (χ1n) is 8.39. The lowest BCUT2D eigenvalue weighted by Gasteiger charge is -2.25. The molecule has 3 rings (SSSR count). The molecular formula is C19H21N3O4. The van der Waals surface area contributed by atoms with Crippen LogP contribution in [-0.4, -0.2) is 27.3 Å². The van der Waals surface area contributed by atoms with Gasteiger partial charge in [0, 0.05) is 17.4 Å². The molecule has 0 aromatic carbocycles. The normalized spacial score (nSPS) is 16.7. The SMILES string of the molecule is Cc1cc(/C=C2\C(=O)NC(=O)N(Cc3ccco3)C2=O)c(C)n1C(C)C. The molecule has 1 aliphatic rings. The van der Waals surface area contributed by atoms with Crippen molar-refractivity contribution in [3.8, 4) is 0 Å². The maximum Gasteiger partial charge on any atom is 0.331 e. The van der Waals surface area contributed by atoms with E-state index in [9.17, 15) is 14.4 Å². The number of hydrogen-bond donors (Lipinski definition) is 1. The van der Waals surface area contributed by atoms with Crippen molar-refractivity contribution in [1.29, 1.82) is 0 Å². The highest BCUT2D eigenvalue weighted by atomic mass is 16.3. The molecule has 26 heavy (non-hydrogen) atoms. The molecule has 3 heterocycles. The third-order valence-corrected chi connectivity index (χ3v) is 4.42. The zero-order valence-corrected chi connectivity index (χ0v) is 15.2. The number of urea groups is 1. The molecular weight excluding hydrogens is 334 g/mol. The summed E-state index contributed by atoms with van der Waals surface area (Å²) < 4.78 is 7.32. The van der Waals surface area contributed by atoms with Gasteiger partial charge in [0.2, 0.25) is 0 Å². The first-order valence-corrected chi connectivity index (χ1v) is 8.39. The van der Waals surface area contributed by atoms with Crippen LogP contribution in [0, 0.1) is 13.8 Å². The molecule has 1 N–H and O–H groups in total. The zero-order valence-electron chi connectivity index (χ0n) is 15.2. The van der Waals surface area contributed by atoms with Gasteiger partial charge in [-0.15, -0.1) is 0 Å². The highest BCUT2D eigenvalue weighted by molar-refractivity contribution is 6.31. The average Bonchev–Trinajstić information content (AvgIpc) is 3.16. The predicted octanol–water partition coefficient (Wildman–Crippen LogP) is 2.94. The van der Waals surface area contributed by atoms with Crippen molar-refractivity contribution in [2.75, 3.05) is 0 Å². The van der Waals surface area contributed by atoms with E-state index in [2.05, 4.69) is 23.7 Å². The van der Waals surface area contributed by atoms with Crippen LogP contribution in [0.5, 0.6) is 0 Å². The molecule has 0 atom stereocenters. The Morgan fingerprint density at radius 2 is 1.96 bits per heavy atom. The summed E-state index contributed by atoms with van der Waals surface area (Å²) in [5.74, 6) is -0.866. The Morgan fingerprint density at radius 1 is 1.23 bits per heavy atom. The number of barbiturate groups is 1. The molecule has 0 spiro atoms. The van der Waals surface area contributed by atoms with Gasteiger partial charge in [-0.3, -0.25) is 19.8 Å². The largest absolute Gasteiger partial charge is 0.467 e. The number of rotatable bonds is 4. The maximum absolute atomic E-state index is 12.7. The number of carbonyl (C=O) groups excluding carboxylic acids is 3. The molecule has 2 aromatic heterocycles. The van der Waals surface area contributed by atoms with Crippen LogP contribution in [0.3, 0.4) is 0 Å². The fourth-order valence-corrected chi connectivity index (χ4v) is 3.29. The molecule has 4 amide bonds. The second-order valence-corrected chi connectivity index (χ2v) is 6.58. The van der Waals surface area contributed by atoms with Gasteiger partial charge in [0.1, 0.15) is 11.3 Å². The van der Waals surface area contributed by atoms with Crippen LogP contribution >= 0.6 is 0 Å². The number of imide groups is 2. The first-order chi connectivity index (χ1) is 12.3. The Balaban J connectivity index is 1.97. The smallest absolute Gasteiger partial charge is 0.331 e. The Kier molecular flexibility index (Phi) is 4.54. The molecule has 136 valence electrons. The highest BCUT2D eigenvalue weighted by Crippen LogP contribution is 2.24. The summed E-state index contributed by atoms with van der Waals surface area (Å²) in [4.78, 5) is 38.0. The monoisotopic (exact) mass is 355 g/mol. The molecule has 7 heteroatoms. The van der Waals surface area contributed by atoms with Crippen molar-refractivity contribution in [3.05, 3.63) is 52.7 Å². The van der Waals surface area contributed by atoms with Gasteiger partial charge < -0.3 is 8.98 Å². The van der Waals surface area contributed by atoms with E-state index in [4.69, 9.17) is 4.42 Å². The molecule has 7 nitrogen and oxygen atoms in total. The minimum atomic E-state index is -0.749. The van der Waals surface area contributed by atoms with E-state index in [1.807, 2.05) is 19.9 Å². The number of hydrogen-bond acceptors (Lipinski definition) is 4. The summed E-state index contributed by atoms with van der Waals surface area (Å²) >= 11 is 0. The zero-order chi connectivity index (χ0) is 19.0. The molecule has 1 saturated heterocycles. The van der Waals surface area contributed by atoms with Crippen LogP contribution in [0.4, 0.5) is 4.79 Å².